The van der Waals surface area contributed by atoms with Gasteiger partial charge in [-0.25, -0.2) is 0 Å². The van der Waals surface area contributed by atoms with Crippen molar-refractivity contribution in [3.05, 3.63) is 52.0 Å². The second-order valence-corrected chi connectivity index (χ2v) is 6.92. The molecular weight excluding hydrogens is 384 g/mol. The van der Waals surface area contributed by atoms with Crippen LogP contribution in [0.4, 0.5) is 11.4 Å². The van der Waals surface area contributed by atoms with E-state index in [-0.39, 0.29) is 24.8 Å². The molecule has 2 amide bonds. The minimum Gasteiger partial charge on any atom is -0.482 e. The molecule has 2 aromatic carbocycles. The molecule has 6 heteroatoms. The van der Waals surface area contributed by atoms with Gasteiger partial charge in [0.2, 0.25) is 5.91 Å². The lowest BCUT2D eigenvalue weighted by Gasteiger charge is -2.29. The van der Waals surface area contributed by atoms with E-state index in [4.69, 9.17) is 4.74 Å². The molecule has 0 fully saturated rings. The zero-order chi connectivity index (χ0) is 18.0. The van der Waals surface area contributed by atoms with Crippen LogP contribution < -0.4 is 15.0 Å². The van der Waals surface area contributed by atoms with Crippen molar-refractivity contribution in [2.45, 2.75) is 20.3 Å². The largest absolute Gasteiger partial charge is 0.482 e. The van der Waals surface area contributed by atoms with Gasteiger partial charge in [0.1, 0.15) is 5.75 Å². The van der Waals surface area contributed by atoms with Crippen molar-refractivity contribution in [1.82, 2.24) is 0 Å². The molecule has 25 heavy (non-hydrogen) atoms. The molecule has 0 atom stereocenters. The van der Waals surface area contributed by atoms with Gasteiger partial charge in [0, 0.05) is 23.1 Å². The predicted octanol–water partition coefficient (Wildman–Crippen LogP) is 3.82. The summed E-state index contributed by atoms with van der Waals surface area (Å²) < 4.78 is 6.39. The summed E-state index contributed by atoms with van der Waals surface area (Å²) in [4.78, 5) is 26.0. The molecule has 0 spiro atoms. The fourth-order valence-corrected chi connectivity index (χ4v) is 3.04. The van der Waals surface area contributed by atoms with Gasteiger partial charge in [0.25, 0.3) is 5.91 Å². The minimum absolute atomic E-state index is 0.00257. The Kier molecular flexibility index (Phi) is 5.08. The van der Waals surface area contributed by atoms with Crippen molar-refractivity contribution in [1.29, 1.82) is 0 Å². The molecule has 5 nitrogen and oxygen atoms in total. The molecule has 2 aromatic rings. The van der Waals surface area contributed by atoms with Gasteiger partial charge in [-0.15, -0.1) is 0 Å². The summed E-state index contributed by atoms with van der Waals surface area (Å²) in [6.07, 6.45) is 0.213. The molecular formula is C19H19BrN2O3. The molecule has 0 saturated carbocycles. The fourth-order valence-electron chi connectivity index (χ4n) is 2.66. The highest BCUT2D eigenvalue weighted by Gasteiger charge is 2.25. The summed E-state index contributed by atoms with van der Waals surface area (Å²) in [6, 6.07) is 11.4. The third-order valence-corrected chi connectivity index (χ3v) is 4.93. The lowest BCUT2D eigenvalue weighted by molar-refractivity contribution is -0.121. The highest BCUT2D eigenvalue weighted by Crippen LogP contribution is 2.32. The van der Waals surface area contributed by atoms with Crippen LogP contribution in [0.3, 0.4) is 0 Å². The molecule has 1 N–H and O–H groups in total. The van der Waals surface area contributed by atoms with Gasteiger partial charge in [-0.1, -0.05) is 28.1 Å². The Balaban J connectivity index is 1.66. The van der Waals surface area contributed by atoms with Crippen LogP contribution in [0.5, 0.6) is 5.75 Å². The first-order valence-electron chi connectivity index (χ1n) is 8.04. The molecule has 130 valence electrons. The number of benzene rings is 2. The highest BCUT2D eigenvalue weighted by atomic mass is 79.9. The topological polar surface area (TPSA) is 58.6 Å². The maximum atomic E-state index is 12.2. The van der Waals surface area contributed by atoms with Gasteiger partial charge in [0.15, 0.2) is 6.61 Å². The van der Waals surface area contributed by atoms with Crippen LogP contribution in [0.15, 0.2) is 40.9 Å². The number of nitrogens with zero attached hydrogens (tertiary/aromatic N) is 1. The van der Waals surface area contributed by atoms with Gasteiger partial charge in [-0.3, -0.25) is 9.59 Å². The maximum Gasteiger partial charge on any atom is 0.265 e. The molecule has 0 bridgehead atoms. The quantitative estimate of drug-likeness (QED) is 0.845. The van der Waals surface area contributed by atoms with E-state index in [0.717, 1.165) is 27.0 Å². The zero-order valence-corrected chi connectivity index (χ0v) is 15.7. The molecule has 1 aliphatic rings. The van der Waals surface area contributed by atoms with Crippen LogP contribution in [-0.4, -0.2) is 25.0 Å². The molecule has 0 unspecified atom stereocenters. The lowest BCUT2D eigenvalue weighted by Crippen LogP contribution is -2.40. The number of amides is 2. The second-order valence-electron chi connectivity index (χ2n) is 6.07. The van der Waals surface area contributed by atoms with Crippen LogP contribution in [-0.2, 0) is 9.59 Å². The molecule has 0 saturated heterocycles. The Morgan fingerprint density at radius 2 is 2.04 bits per heavy atom. The van der Waals surface area contributed by atoms with E-state index in [1.165, 1.54) is 0 Å². The van der Waals surface area contributed by atoms with E-state index in [1.54, 1.807) is 4.90 Å². The average molecular weight is 403 g/mol. The Morgan fingerprint density at radius 1 is 1.24 bits per heavy atom. The molecule has 0 aromatic heterocycles. The number of aryl methyl sites for hydroxylation is 2. The van der Waals surface area contributed by atoms with Crippen molar-refractivity contribution >= 4 is 39.1 Å². The third kappa shape index (κ3) is 4.02. The van der Waals surface area contributed by atoms with E-state index in [2.05, 4.69) is 21.2 Å². The summed E-state index contributed by atoms with van der Waals surface area (Å²) >= 11 is 3.45. The van der Waals surface area contributed by atoms with E-state index in [9.17, 15) is 9.59 Å². The van der Waals surface area contributed by atoms with Crippen LogP contribution in [0.1, 0.15) is 17.5 Å². The van der Waals surface area contributed by atoms with Gasteiger partial charge in [0.05, 0.1) is 5.69 Å². The first kappa shape index (κ1) is 17.5. The number of halogens is 1. The van der Waals surface area contributed by atoms with E-state index in [0.29, 0.717) is 12.3 Å². The zero-order valence-electron chi connectivity index (χ0n) is 14.1. The van der Waals surface area contributed by atoms with Gasteiger partial charge in [-0.2, -0.15) is 0 Å². The van der Waals surface area contributed by atoms with Crippen molar-refractivity contribution in [2.75, 3.05) is 23.4 Å². The summed E-state index contributed by atoms with van der Waals surface area (Å²) in [5, 5.41) is 2.86. The summed E-state index contributed by atoms with van der Waals surface area (Å²) in [6.45, 7) is 4.26. The summed E-state index contributed by atoms with van der Waals surface area (Å²) in [7, 11) is 0. The van der Waals surface area contributed by atoms with Gasteiger partial charge < -0.3 is 15.0 Å². The van der Waals surface area contributed by atoms with Gasteiger partial charge >= 0.3 is 0 Å². The first-order valence-corrected chi connectivity index (χ1v) is 8.83. The van der Waals surface area contributed by atoms with E-state index in [1.807, 2.05) is 50.2 Å². The molecule has 1 aliphatic heterocycles. The van der Waals surface area contributed by atoms with Crippen LogP contribution >= 0.6 is 15.9 Å². The smallest absolute Gasteiger partial charge is 0.265 e. The van der Waals surface area contributed by atoms with Crippen LogP contribution in [0.2, 0.25) is 0 Å². The van der Waals surface area contributed by atoms with Crippen molar-refractivity contribution in [3.8, 4) is 5.75 Å². The van der Waals surface area contributed by atoms with Crippen molar-refractivity contribution < 1.29 is 14.3 Å². The number of carbonyl (C=O) groups is 2. The average Bonchev–Trinajstić information content (AvgIpc) is 2.57. The fraction of sp³-hybridized carbons (Fsp3) is 0.263. The number of hydrogen-bond acceptors (Lipinski definition) is 3. The number of nitrogens with one attached hydrogen (secondary N) is 1. The number of anilines is 2. The van der Waals surface area contributed by atoms with Crippen LogP contribution in [0, 0.1) is 13.8 Å². The number of carbonyl (C=O) groups excluding carboxylic acids is 2. The Labute approximate surface area is 155 Å². The highest BCUT2D eigenvalue weighted by molar-refractivity contribution is 9.10. The Morgan fingerprint density at radius 3 is 2.80 bits per heavy atom. The first-order chi connectivity index (χ1) is 11.9. The molecule has 0 radical (unpaired) electrons. The predicted molar refractivity (Wildman–Crippen MR) is 101 cm³/mol. The number of hydrogen-bond donors (Lipinski definition) is 1. The van der Waals surface area contributed by atoms with Crippen LogP contribution in [0.25, 0.3) is 0 Å². The maximum absolute atomic E-state index is 12.2. The normalized spacial score (nSPS) is 13.2. The Bertz CT molecular complexity index is 835. The minimum atomic E-state index is -0.135. The third-order valence-electron chi connectivity index (χ3n) is 4.08. The van der Waals surface area contributed by atoms with E-state index >= 15 is 0 Å². The Hall–Kier alpha value is -2.34. The van der Waals surface area contributed by atoms with Gasteiger partial charge in [-0.05, 0) is 49.2 Å². The standard InChI is InChI=1S/C19H19BrN2O3/c1-12-3-6-17-16(9-12)22(19(24)11-25-17)8-7-18(23)21-14-5-4-13(2)15(20)10-14/h3-6,9-10H,7-8,11H2,1-2H3,(H,21,23). The summed E-state index contributed by atoms with van der Waals surface area (Å²) in [5.74, 6) is 0.404. The molecule has 0 aliphatic carbocycles. The SMILES string of the molecule is Cc1ccc2c(c1)N(CCC(=O)Nc1ccc(C)c(Br)c1)C(=O)CO2. The lowest BCUT2D eigenvalue weighted by atomic mass is 10.1. The van der Waals surface area contributed by atoms with E-state index < -0.39 is 0 Å². The van der Waals surface area contributed by atoms with Crippen molar-refractivity contribution in [2.24, 2.45) is 0 Å². The van der Waals surface area contributed by atoms with Crippen molar-refractivity contribution in [3.63, 3.8) is 0 Å². The molecule has 3 rings (SSSR count). The monoisotopic (exact) mass is 402 g/mol. The molecule has 1 heterocycles. The number of fused-ring (bicyclic) bond motifs is 1. The second kappa shape index (κ2) is 7.27. The number of rotatable bonds is 4. The number of ether oxygens (including phenoxy) is 1. The summed E-state index contributed by atoms with van der Waals surface area (Å²) in [5.41, 5.74) is 3.59.